The fourth-order valence-electron chi connectivity index (χ4n) is 0.390. The Labute approximate surface area is 70.5 Å². The summed E-state index contributed by atoms with van der Waals surface area (Å²) in [5.41, 5.74) is 0. The van der Waals surface area contributed by atoms with Crippen LogP contribution in [-0.4, -0.2) is 40.9 Å². The van der Waals surface area contributed by atoms with E-state index in [0.717, 1.165) is 6.66 Å². The highest BCUT2D eigenvalue weighted by atomic mass is 31.2. The minimum atomic E-state index is -3.50. The molecule has 8 heteroatoms. The Hall–Kier alpha value is 0.330. The molecule has 3 N–H and O–H groups in total. The lowest BCUT2D eigenvalue weighted by Gasteiger charge is -2.11. The highest BCUT2D eigenvalue weighted by Crippen LogP contribution is 2.38. The minimum absolute atomic E-state index is 0.178. The normalized spacial score (nSPS) is 17.3. The predicted octanol–water partition coefficient (Wildman–Crippen LogP) is 0.0140. The second kappa shape index (κ2) is 4.53. The first-order valence-corrected chi connectivity index (χ1v) is 6.81. The highest BCUT2D eigenvalue weighted by molar-refractivity contribution is 7.57. The van der Waals surface area contributed by atoms with E-state index in [1.807, 2.05) is 0 Å². The van der Waals surface area contributed by atoms with Crippen LogP contribution in [0.25, 0.3) is 0 Å². The third-order valence-electron chi connectivity index (χ3n) is 0.712. The van der Waals surface area contributed by atoms with Crippen LogP contribution in [0.15, 0.2) is 0 Å². The Balaban J connectivity index is 3.48. The molecule has 0 amide bonds. The maximum atomic E-state index is 10.5. The Bertz CT molecular complexity index is 190. The molecule has 74 valence electrons. The fraction of sp³-hybridized carbons (Fsp3) is 0.750. The average Bonchev–Trinajstić information content (AvgIpc) is 1.76. The first-order chi connectivity index (χ1) is 5.21. The summed E-state index contributed by atoms with van der Waals surface area (Å²) in [6.07, 6.45) is 2.92. The van der Waals surface area contributed by atoms with Crippen molar-refractivity contribution < 1.29 is 28.3 Å². The molecule has 0 aromatic rings. The lowest BCUT2D eigenvalue weighted by atomic mass is 10.8. The van der Waals surface area contributed by atoms with Gasteiger partial charge < -0.3 is 23.7 Å². The largest absolute Gasteiger partial charge is 0.333 e. The van der Waals surface area contributed by atoms with Gasteiger partial charge in [0.25, 0.3) is 0 Å². The van der Waals surface area contributed by atoms with Crippen molar-refractivity contribution in [2.45, 2.75) is 0 Å². The van der Waals surface area contributed by atoms with Gasteiger partial charge >= 0.3 is 7.60 Å². The summed E-state index contributed by atoms with van der Waals surface area (Å²) >= 11 is 0. The van der Waals surface area contributed by atoms with Crippen molar-refractivity contribution in [3.8, 4) is 0 Å². The van der Waals surface area contributed by atoms with Crippen molar-refractivity contribution in [1.29, 1.82) is 0 Å². The van der Waals surface area contributed by atoms with Crippen molar-refractivity contribution in [2.24, 2.45) is 0 Å². The molecule has 0 heterocycles. The van der Waals surface area contributed by atoms with Crippen LogP contribution in [-0.2, 0) is 13.6 Å². The average molecular weight is 218 g/mol. The van der Waals surface area contributed by atoms with Crippen LogP contribution in [0.2, 0.25) is 0 Å². The first-order valence-electron chi connectivity index (χ1n) is 2.99. The van der Waals surface area contributed by atoms with Gasteiger partial charge in [-0.2, -0.15) is 0 Å². The van der Waals surface area contributed by atoms with E-state index in [-0.39, 0.29) is 13.2 Å². The van der Waals surface area contributed by atoms with Crippen LogP contribution in [0.1, 0.15) is 0 Å². The molecule has 0 aliphatic rings. The summed E-state index contributed by atoms with van der Waals surface area (Å²) in [6.45, 7) is 0.669. The molecule has 0 aromatic heterocycles. The van der Waals surface area contributed by atoms with Gasteiger partial charge in [0.2, 0.25) is 7.57 Å². The van der Waals surface area contributed by atoms with Gasteiger partial charge in [-0.15, -0.1) is 0 Å². The van der Waals surface area contributed by atoms with E-state index in [2.05, 4.69) is 15.3 Å². The highest BCUT2D eigenvalue weighted by Gasteiger charge is 2.10. The van der Waals surface area contributed by atoms with Gasteiger partial charge in [-0.25, -0.2) is 0 Å². The van der Waals surface area contributed by atoms with Gasteiger partial charge in [0.05, 0.1) is 13.2 Å². The van der Waals surface area contributed by atoms with E-state index in [4.69, 9.17) is 14.7 Å². The molecule has 0 aliphatic heterocycles. The third-order valence-corrected chi connectivity index (χ3v) is 1.97. The molecule has 12 heavy (non-hydrogen) atoms. The van der Waals surface area contributed by atoms with E-state index < -0.39 is 15.2 Å². The zero-order chi connectivity index (χ0) is 9.83. The molecule has 1 atom stereocenters. The topological polar surface area (TPSA) is 96.2 Å². The van der Waals surface area contributed by atoms with Crippen LogP contribution in [0.3, 0.4) is 0 Å². The molecule has 0 aromatic carbocycles. The summed E-state index contributed by atoms with van der Waals surface area (Å²) in [5.74, 6) is 0. The monoisotopic (exact) mass is 218 g/mol. The lowest BCUT2D eigenvalue weighted by molar-refractivity contribution is 0.178. The summed E-state index contributed by atoms with van der Waals surface area (Å²) in [7, 11) is -7.00. The third kappa shape index (κ3) is 10.3. The van der Waals surface area contributed by atoms with E-state index in [0.29, 0.717) is 0 Å². The molecule has 0 saturated carbocycles. The quantitative estimate of drug-likeness (QED) is 0.444. The molecule has 6 nitrogen and oxygen atoms in total. The minimum Gasteiger partial charge on any atom is -0.333 e. The van der Waals surface area contributed by atoms with Crippen molar-refractivity contribution in [1.82, 2.24) is 0 Å². The lowest BCUT2D eigenvalue weighted by Crippen LogP contribution is -2.01. The molecule has 0 radical (unpaired) electrons. The second-order valence-electron chi connectivity index (χ2n) is 2.13. The zero-order valence-electron chi connectivity index (χ0n) is 6.58. The standard InChI is InChI=1S/C4H12O6P2/c1-11(5,6)9-3-4-10-12(2,7)8/h5-6H,1,3-4H2,2H3,(H,7,8). The summed E-state index contributed by atoms with van der Waals surface area (Å²) in [6, 6.07) is 0. The molecule has 0 fully saturated rings. The van der Waals surface area contributed by atoms with Crippen molar-refractivity contribution in [3.63, 3.8) is 0 Å². The van der Waals surface area contributed by atoms with Crippen LogP contribution in [0, 0.1) is 0 Å². The fourth-order valence-corrected chi connectivity index (χ4v) is 1.17. The van der Waals surface area contributed by atoms with Crippen LogP contribution < -0.4 is 0 Å². The molecule has 0 bridgehead atoms. The molecule has 0 aliphatic carbocycles. The maximum absolute atomic E-state index is 10.5. The van der Waals surface area contributed by atoms with Crippen LogP contribution >= 0.6 is 15.2 Å². The Morgan fingerprint density at radius 1 is 1.25 bits per heavy atom. The van der Waals surface area contributed by atoms with Gasteiger partial charge in [0.15, 0.2) is 0 Å². The molecule has 0 spiro atoms. The zero-order valence-corrected chi connectivity index (χ0v) is 8.37. The smallest absolute Gasteiger partial charge is 0.325 e. The van der Waals surface area contributed by atoms with Crippen LogP contribution in [0.5, 0.6) is 0 Å². The van der Waals surface area contributed by atoms with E-state index in [1.165, 1.54) is 0 Å². The Kier molecular flexibility index (Phi) is 4.66. The summed E-state index contributed by atoms with van der Waals surface area (Å²) in [5, 5.41) is 0. The van der Waals surface area contributed by atoms with Crippen molar-refractivity contribution in [3.05, 3.63) is 0 Å². The number of hydrogen-bond donors (Lipinski definition) is 3. The van der Waals surface area contributed by atoms with Gasteiger partial charge in [0, 0.05) is 6.66 Å². The van der Waals surface area contributed by atoms with Crippen molar-refractivity contribution in [2.75, 3.05) is 19.9 Å². The molecular weight excluding hydrogens is 206 g/mol. The van der Waals surface area contributed by atoms with Gasteiger partial charge in [-0.1, -0.05) is 0 Å². The van der Waals surface area contributed by atoms with E-state index in [9.17, 15) is 4.57 Å². The number of hydrogen-bond acceptors (Lipinski definition) is 5. The van der Waals surface area contributed by atoms with Crippen molar-refractivity contribution >= 4 is 21.5 Å². The predicted molar refractivity (Wildman–Crippen MR) is 46.1 cm³/mol. The van der Waals surface area contributed by atoms with E-state index >= 15 is 0 Å². The first kappa shape index (κ1) is 12.3. The maximum Gasteiger partial charge on any atom is 0.325 e. The second-order valence-corrected chi connectivity index (χ2v) is 5.59. The summed E-state index contributed by atoms with van der Waals surface area (Å²) in [4.78, 5) is 25.8. The SMILES string of the molecule is C=P(O)(O)OCCOP(C)(=O)O. The Morgan fingerprint density at radius 3 is 2.00 bits per heavy atom. The van der Waals surface area contributed by atoms with Gasteiger partial charge in [0.1, 0.15) is 0 Å². The molecule has 1 unspecified atom stereocenters. The van der Waals surface area contributed by atoms with Gasteiger partial charge in [-0.05, 0) is 6.30 Å². The van der Waals surface area contributed by atoms with E-state index in [1.54, 1.807) is 0 Å². The number of rotatable bonds is 5. The van der Waals surface area contributed by atoms with Crippen LogP contribution in [0.4, 0.5) is 0 Å². The summed E-state index contributed by atoms with van der Waals surface area (Å²) < 4.78 is 19.2. The molecule has 0 saturated heterocycles. The molecule has 0 rings (SSSR count). The molecular formula is C4H12O6P2. The van der Waals surface area contributed by atoms with Gasteiger partial charge in [-0.3, -0.25) is 4.57 Å². The Morgan fingerprint density at radius 2 is 1.67 bits per heavy atom.